The van der Waals surface area contributed by atoms with Gasteiger partial charge in [0.25, 0.3) is 0 Å². The third-order valence-electron chi connectivity index (χ3n) is 3.30. The van der Waals surface area contributed by atoms with Crippen LogP contribution in [0.2, 0.25) is 0 Å². The number of carbonyl (C=O) groups excluding carboxylic acids is 2. The van der Waals surface area contributed by atoms with E-state index in [1.54, 1.807) is 4.90 Å². The Hall–Kier alpha value is -2.04. The van der Waals surface area contributed by atoms with Crippen molar-refractivity contribution in [3.05, 3.63) is 35.4 Å². The fraction of sp³-hybridized carbons (Fsp3) is 0.467. The molecule has 0 radical (unpaired) electrons. The summed E-state index contributed by atoms with van der Waals surface area (Å²) in [4.78, 5) is 25.3. The van der Waals surface area contributed by atoms with Gasteiger partial charge in [0.1, 0.15) is 0 Å². The second-order valence-electron chi connectivity index (χ2n) is 5.32. The standard InChI is InChI=1S/C15H21N3O2/c1-11(2)17-15(20)16-9-14(19)18-8-7-12-5-3-4-6-13(12)10-18/h3-6,11H,7-10H2,1-2H3,(H2,16,17,20). The maximum absolute atomic E-state index is 12.1. The predicted molar refractivity (Wildman–Crippen MR) is 77.2 cm³/mol. The van der Waals surface area contributed by atoms with Crippen molar-refractivity contribution in [3.8, 4) is 0 Å². The molecule has 0 unspecified atom stereocenters. The van der Waals surface area contributed by atoms with Crippen molar-refractivity contribution in [2.45, 2.75) is 32.9 Å². The summed E-state index contributed by atoms with van der Waals surface area (Å²) in [6.45, 7) is 5.14. The number of nitrogens with zero attached hydrogens (tertiary/aromatic N) is 1. The molecule has 20 heavy (non-hydrogen) atoms. The summed E-state index contributed by atoms with van der Waals surface area (Å²) in [7, 11) is 0. The highest BCUT2D eigenvalue weighted by atomic mass is 16.2. The fourth-order valence-corrected chi connectivity index (χ4v) is 2.29. The molecule has 1 aliphatic rings. The summed E-state index contributed by atoms with van der Waals surface area (Å²) < 4.78 is 0. The average molecular weight is 275 g/mol. The van der Waals surface area contributed by atoms with E-state index < -0.39 is 0 Å². The first-order chi connectivity index (χ1) is 9.56. The third-order valence-corrected chi connectivity index (χ3v) is 3.30. The molecular formula is C15H21N3O2. The number of amides is 3. The van der Waals surface area contributed by atoms with Gasteiger partial charge in [0.15, 0.2) is 0 Å². The van der Waals surface area contributed by atoms with E-state index in [2.05, 4.69) is 16.7 Å². The second-order valence-corrected chi connectivity index (χ2v) is 5.32. The van der Waals surface area contributed by atoms with Gasteiger partial charge in [-0.3, -0.25) is 4.79 Å². The molecule has 1 aromatic carbocycles. The molecule has 0 atom stereocenters. The normalized spacial score (nSPS) is 13.8. The quantitative estimate of drug-likeness (QED) is 0.873. The summed E-state index contributed by atoms with van der Waals surface area (Å²) >= 11 is 0. The van der Waals surface area contributed by atoms with Gasteiger partial charge in [-0.2, -0.15) is 0 Å². The summed E-state index contributed by atoms with van der Waals surface area (Å²) in [5, 5.41) is 5.29. The Bertz CT molecular complexity index is 500. The van der Waals surface area contributed by atoms with Crippen molar-refractivity contribution in [2.75, 3.05) is 13.1 Å². The lowest BCUT2D eigenvalue weighted by Gasteiger charge is -2.29. The number of nitrogens with one attached hydrogen (secondary N) is 2. The lowest BCUT2D eigenvalue weighted by atomic mass is 10.00. The first-order valence-corrected chi connectivity index (χ1v) is 6.95. The number of benzene rings is 1. The lowest BCUT2D eigenvalue weighted by Crippen LogP contribution is -2.46. The minimum absolute atomic E-state index is 0.0424. The number of carbonyl (C=O) groups is 2. The van der Waals surface area contributed by atoms with Crippen LogP contribution in [0, 0.1) is 0 Å². The van der Waals surface area contributed by atoms with Gasteiger partial charge >= 0.3 is 6.03 Å². The first kappa shape index (κ1) is 14.4. The van der Waals surface area contributed by atoms with Crippen molar-refractivity contribution in [1.29, 1.82) is 0 Å². The molecule has 5 heteroatoms. The average Bonchev–Trinajstić information content (AvgIpc) is 2.43. The summed E-state index contributed by atoms with van der Waals surface area (Å²) in [6.07, 6.45) is 0.875. The predicted octanol–water partition coefficient (Wildman–Crippen LogP) is 1.28. The van der Waals surface area contributed by atoms with E-state index >= 15 is 0 Å². The van der Waals surface area contributed by atoms with Crippen molar-refractivity contribution >= 4 is 11.9 Å². The molecule has 0 saturated carbocycles. The Labute approximate surface area is 119 Å². The van der Waals surface area contributed by atoms with Gasteiger partial charge in [0.2, 0.25) is 5.91 Å². The number of fused-ring (bicyclic) bond motifs is 1. The van der Waals surface area contributed by atoms with Crippen LogP contribution < -0.4 is 10.6 Å². The van der Waals surface area contributed by atoms with Gasteiger partial charge in [0, 0.05) is 19.1 Å². The van der Waals surface area contributed by atoms with Gasteiger partial charge in [-0.25, -0.2) is 4.79 Å². The summed E-state index contributed by atoms with van der Waals surface area (Å²) in [5.41, 5.74) is 2.50. The molecule has 0 aliphatic carbocycles. The largest absolute Gasteiger partial charge is 0.336 e. The zero-order valence-corrected chi connectivity index (χ0v) is 12.0. The maximum Gasteiger partial charge on any atom is 0.315 e. The molecule has 0 spiro atoms. The van der Waals surface area contributed by atoms with Gasteiger partial charge in [-0.15, -0.1) is 0 Å². The zero-order valence-electron chi connectivity index (χ0n) is 12.0. The van der Waals surface area contributed by atoms with Gasteiger partial charge in [-0.1, -0.05) is 24.3 Å². The highest BCUT2D eigenvalue weighted by Crippen LogP contribution is 2.18. The van der Waals surface area contributed by atoms with Crippen molar-refractivity contribution < 1.29 is 9.59 Å². The molecule has 1 heterocycles. The van der Waals surface area contributed by atoms with E-state index in [4.69, 9.17) is 0 Å². The van der Waals surface area contributed by atoms with Gasteiger partial charge in [0.05, 0.1) is 6.54 Å². The molecule has 2 N–H and O–H groups in total. The summed E-state index contributed by atoms with van der Waals surface area (Å²) in [6, 6.07) is 7.92. The minimum atomic E-state index is -0.300. The van der Waals surface area contributed by atoms with Crippen LogP contribution in [0.25, 0.3) is 0 Å². The Morgan fingerprint density at radius 2 is 1.95 bits per heavy atom. The second kappa shape index (κ2) is 6.41. The topological polar surface area (TPSA) is 61.4 Å². The molecule has 2 rings (SSSR count). The van der Waals surface area contributed by atoms with Crippen LogP contribution in [0.3, 0.4) is 0 Å². The molecule has 1 aromatic rings. The van der Waals surface area contributed by atoms with Crippen LogP contribution in [0.1, 0.15) is 25.0 Å². The van der Waals surface area contributed by atoms with Crippen LogP contribution in [0.5, 0.6) is 0 Å². The maximum atomic E-state index is 12.1. The van der Waals surface area contributed by atoms with Crippen molar-refractivity contribution in [1.82, 2.24) is 15.5 Å². The van der Waals surface area contributed by atoms with Crippen molar-refractivity contribution in [2.24, 2.45) is 0 Å². The third kappa shape index (κ3) is 3.73. The number of hydrogen-bond donors (Lipinski definition) is 2. The van der Waals surface area contributed by atoms with Crippen LogP contribution in [-0.2, 0) is 17.8 Å². The van der Waals surface area contributed by atoms with Crippen molar-refractivity contribution in [3.63, 3.8) is 0 Å². The van der Waals surface area contributed by atoms with E-state index in [0.29, 0.717) is 13.1 Å². The zero-order chi connectivity index (χ0) is 14.5. The minimum Gasteiger partial charge on any atom is -0.336 e. The molecule has 5 nitrogen and oxygen atoms in total. The Morgan fingerprint density at radius 3 is 2.65 bits per heavy atom. The molecule has 1 aliphatic heterocycles. The van der Waals surface area contributed by atoms with E-state index in [1.807, 2.05) is 32.0 Å². The van der Waals surface area contributed by atoms with E-state index in [9.17, 15) is 9.59 Å². The number of urea groups is 1. The fourth-order valence-electron chi connectivity index (χ4n) is 2.29. The van der Waals surface area contributed by atoms with Crippen LogP contribution >= 0.6 is 0 Å². The van der Waals surface area contributed by atoms with Gasteiger partial charge in [-0.05, 0) is 31.4 Å². The summed E-state index contributed by atoms with van der Waals surface area (Å²) in [5.74, 6) is -0.0431. The highest BCUT2D eigenvalue weighted by Gasteiger charge is 2.20. The lowest BCUT2D eigenvalue weighted by molar-refractivity contribution is -0.131. The molecule has 3 amide bonds. The van der Waals surface area contributed by atoms with E-state index in [-0.39, 0.29) is 24.5 Å². The smallest absolute Gasteiger partial charge is 0.315 e. The monoisotopic (exact) mass is 275 g/mol. The molecule has 108 valence electrons. The Balaban J connectivity index is 1.84. The number of rotatable bonds is 3. The molecule has 0 bridgehead atoms. The molecular weight excluding hydrogens is 254 g/mol. The SMILES string of the molecule is CC(C)NC(=O)NCC(=O)N1CCc2ccccc2C1. The number of hydrogen-bond acceptors (Lipinski definition) is 2. The van der Waals surface area contributed by atoms with Crippen LogP contribution in [0.15, 0.2) is 24.3 Å². The molecule has 0 saturated heterocycles. The van der Waals surface area contributed by atoms with Crippen LogP contribution in [0.4, 0.5) is 4.79 Å². The Morgan fingerprint density at radius 1 is 1.25 bits per heavy atom. The highest BCUT2D eigenvalue weighted by molar-refractivity contribution is 5.84. The molecule has 0 fully saturated rings. The van der Waals surface area contributed by atoms with Gasteiger partial charge < -0.3 is 15.5 Å². The first-order valence-electron chi connectivity index (χ1n) is 6.95. The van der Waals surface area contributed by atoms with Crippen LogP contribution in [-0.4, -0.2) is 36.0 Å². The van der Waals surface area contributed by atoms with E-state index in [0.717, 1.165) is 6.42 Å². The Kier molecular flexibility index (Phi) is 4.61. The van der Waals surface area contributed by atoms with E-state index in [1.165, 1.54) is 11.1 Å². The molecule has 0 aromatic heterocycles.